The second-order valence-electron chi connectivity index (χ2n) is 8.76. The van der Waals surface area contributed by atoms with Crippen LogP contribution in [0.4, 0.5) is 5.69 Å². The topological polar surface area (TPSA) is 26.5 Å². The zero-order valence-electron chi connectivity index (χ0n) is 18.7. The number of rotatable bonds is 4. The molecule has 0 aromatic heterocycles. The van der Waals surface area contributed by atoms with Crippen LogP contribution in [-0.4, -0.2) is 28.6 Å². The molecule has 0 saturated carbocycles. The normalized spacial score (nSPS) is 20.5. The Labute approximate surface area is 201 Å². The number of hydrogen-bond donors (Lipinski definition) is 1. The van der Waals surface area contributed by atoms with Gasteiger partial charge in [0.05, 0.1) is 6.54 Å². The Kier molecular flexibility index (Phi) is 6.82. The van der Waals surface area contributed by atoms with Gasteiger partial charge in [-0.15, -0.1) is 17.0 Å². The highest BCUT2D eigenvalue weighted by atomic mass is 79.9. The molecule has 1 N–H and O–H groups in total. The molecule has 2 heterocycles. The first-order chi connectivity index (χ1) is 15.2. The molecule has 1 unspecified atom stereocenters. The van der Waals surface area contributed by atoms with Crippen molar-refractivity contribution in [2.75, 3.05) is 18.0 Å². The highest BCUT2D eigenvalue weighted by Gasteiger charge is 2.53. The van der Waals surface area contributed by atoms with Crippen molar-refractivity contribution in [1.82, 2.24) is 0 Å². The zero-order chi connectivity index (χ0) is 21.3. The SMILES string of the molecule is Br.CCc1ccc(N2C3=[N+](CCCCC3)CC2(O)c2ccc(-c3ccccc3)cc2)cc1. The van der Waals surface area contributed by atoms with Crippen molar-refractivity contribution in [1.29, 1.82) is 0 Å². The van der Waals surface area contributed by atoms with Crippen molar-refractivity contribution in [2.45, 2.75) is 44.8 Å². The van der Waals surface area contributed by atoms with Crippen molar-refractivity contribution in [3.63, 3.8) is 0 Å². The van der Waals surface area contributed by atoms with Gasteiger partial charge in [0.25, 0.3) is 11.6 Å². The molecule has 32 heavy (non-hydrogen) atoms. The summed E-state index contributed by atoms with van der Waals surface area (Å²) in [6, 6.07) is 27.6. The quantitative estimate of drug-likeness (QED) is 0.443. The van der Waals surface area contributed by atoms with Crippen LogP contribution in [0.2, 0.25) is 0 Å². The summed E-state index contributed by atoms with van der Waals surface area (Å²) in [6.07, 6.45) is 5.66. The summed E-state index contributed by atoms with van der Waals surface area (Å²) < 4.78 is 2.41. The third kappa shape index (κ3) is 4.14. The molecule has 4 heteroatoms. The second-order valence-corrected chi connectivity index (χ2v) is 8.76. The maximum Gasteiger partial charge on any atom is 0.275 e. The Balaban J connectivity index is 0.00000245. The predicted octanol–water partition coefficient (Wildman–Crippen LogP) is 6.14. The Bertz CT molecular complexity index is 1080. The molecule has 2 aliphatic heterocycles. The van der Waals surface area contributed by atoms with Gasteiger partial charge >= 0.3 is 0 Å². The van der Waals surface area contributed by atoms with E-state index < -0.39 is 5.72 Å². The van der Waals surface area contributed by atoms with Crippen LogP contribution in [0.5, 0.6) is 0 Å². The van der Waals surface area contributed by atoms with Crippen LogP contribution >= 0.6 is 17.0 Å². The van der Waals surface area contributed by atoms with Crippen molar-refractivity contribution in [3.05, 3.63) is 90.0 Å². The third-order valence-corrected chi connectivity index (χ3v) is 6.79. The monoisotopic (exact) mass is 491 g/mol. The number of hydrogen-bond acceptors (Lipinski definition) is 2. The van der Waals surface area contributed by atoms with Crippen LogP contribution < -0.4 is 4.90 Å². The van der Waals surface area contributed by atoms with Crippen molar-refractivity contribution in [2.24, 2.45) is 0 Å². The van der Waals surface area contributed by atoms with Crippen LogP contribution in [0, 0.1) is 0 Å². The van der Waals surface area contributed by atoms with Crippen LogP contribution in [-0.2, 0) is 12.1 Å². The van der Waals surface area contributed by atoms with Gasteiger partial charge in [0.15, 0.2) is 6.54 Å². The van der Waals surface area contributed by atoms with Gasteiger partial charge in [-0.3, -0.25) is 4.58 Å². The van der Waals surface area contributed by atoms with Crippen LogP contribution in [0.15, 0.2) is 78.9 Å². The van der Waals surface area contributed by atoms with Crippen LogP contribution in [0.3, 0.4) is 0 Å². The Morgan fingerprint density at radius 1 is 0.844 bits per heavy atom. The van der Waals surface area contributed by atoms with Gasteiger partial charge in [-0.05, 0) is 54.5 Å². The highest BCUT2D eigenvalue weighted by Crippen LogP contribution is 2.38. The number of aryl methyl sites for hydroxylation is 1. The number of amidine groups is 1. The lowest BCUT2D eigenvalue weighted by molar-refractivity contribution is -0.534. The lowest BCUT2D eigenvalue weighted by Crippen LogP contribution is -2.47. The number of halogens is 1. The van der Waals surface area contributed by atoms with Gasteiger partial charge in [0.1, 0.15) is 5.69 Å². The van der Waals surface area contributed by atoms with E-state index in [-0.39, 0.29) is 17.0 Å². The van der Waals surface area contributed by atoms with E-state index in [2.05, 4.69) is 89.2 Å². The molecule has 3 nitrogen and oxygen atoms in total. The molecule has 0 aliphatic carbocycles. The molecule has 0 radical (unpaired) electrons. The summed E-state index contributed by atoms with van der Waals surface area (Å²) in [7, 11) is 0. The summed E-state index contributed by atoms with van der Waals surface area (Å²) in [6.45, 7) is 3.81. The number of nitrogens with zero attached hydrogens (tertiary/aromatic N) is 2. The molecule has 5 rings (SSSR count). The molecular weight excluding hydrogens is 460 g/mol. The maximum atomic E-state index is 12.1. The lowest BCUT2D eigenvalue weighted by Gasteiger charge is -2.29. The van der Waals surface area contributed by atoms with Gasteiger partial charge in [0.2, 0.25) is 0 Å². The van der Waals surface area contributed by atoms with Crippen molar-refractivity contribution < 1.29 is 9.68 Å². The van der Waals surface area contributed by atoms with Gasteiger partial charge in [0, 0.05) is 12.0 Å². The van der Waals surface area contributed by atoms with E-state index >= 15 is 0 Å². The molecule has 166 valence electrons. The summed E-state index contributed by atoms with van der Waals surface area (Å²) in [5, 5.41) is 12.1. The van der Waals surface area contributed by atoms with Crippen LogP contribution in [0.1, 0.15) is 43.7 Å². The average Bonchev–Trinajstić information content (AvgIpc) is 2.95. The summed E-state index contributed by atoms with van der Waals surface area (Å²) >= 11 is 0. The largest absolute Gasteiger partial charge is 0.346 e. The van der Waals surface area contributed by atoms with Crippen molar-refractivity contribution >= 4 is 28.5 Å². The van der Waals surface area contributed by atoms with E-state index in [4.69, 9.17) is 0 Å². The molecule has 0 spiro atoms. The molecule has 0 amide bonds. The summed E-state index contributed by atoms with van der Waals surface area (Å²) in [5.74, 6) is 1.26. The standard InChI is InChI=1S/C28H31N2O.BrH/c1-2-22-12-18-26(19-13-22)30-27-11-7-4-8-20-29(27)21-28(30,31)25-16-14-24(15-17-25)23-9-5-3-6-10-23;/h3,5-6,9-10,12-19,31H,2,4,7-8,11,20-21H2,1H3;1H/q+1;. The minimum atomic E-state index is -1.06. The van der Waals surface area contributed by atoms with Crippen LogP contribution in [0.25, 0.3) is 11.1 Å². The highest BCUT2D eigenvalue weighted by molar-refractivity contribution is 8.93. The van der Waals surface area contributed by atoms with E-state index in [1.165, 1.54) is 41.8 Å². The summed E-state index contributed by atoms with van der Waals surface area (Å²) in [5.41, 5.74) is 4.66. The Morgan fingerprint density at radius 2 is 1.53 bits per heavy atom. The molecule has 2 aliphatic rings. The fourth-order valence-electron chi connectivity index (χ4n) is 5.05. The number of anilines is 1. The fourth-order valence-corrected chi connectivity index (χ4v) is 5.05. The van der Waals surface area contributed by atoms with E-state index in [9.17, 15) is 5.11 Å². The predicted molar refractivity (Wildman–Crippen MR) is 138 cm³/mol. The third-order valence-electron chi connectivity index (χ3n) is 6.79. The zero-order valence-corrected chi connectivity index (χ0v) is 20.4. The maximum absolute atomic E-state index is 12.1. The summed E-state index contributed by atoms with van der Waals surface area (Å²) in [4.78, 5) is 2.20. The fraction of sp³-hybridized carbons (Fsp3) is 0.321. The molecule has 0 bridgehead atoms. The molecule has 3 aromatic carbocycles. The van der Waals surface area contributed by atoms with Gasteiger partial charge in [-0.2, -0.15) is 4.90 Å². The molecule has 0 fully saturated rings. The molecule has 1 atom stereocenters. The average molecular weight is 492 g/mol. The van der Waals surface area contributed by atoms with E-state index in [1.807, 2.05) is 6.07 Å². The number of benzene rings is 3. The van der Waals surface area contributed by atoms with E-state index in [0.29, 0.717) is 6.54 Å². The first-order valence-corrected chi connectivity index (χ1v) is 11.6. The van der Waals surface area contributed by atoms with Gasteiger partial charge in [-0.1, -0.05) is 73.7 Å². The first kappa shape index (κ1) is 22.8. The molecular formula is C28H32BrN2O+. The van der Waals surface area contributed by atoms with Gasteiger partial charge < -0.3 is 5.11 Å². The molecule has 3 aromatic rings. The smallest absolute Gasteiger partial charge is 0.275 e. The lowest BCUT2D eigenvalue weighted by atomic mass is 9.96. The number of aliphatic hydroxyl groups is 1. The minimum Gasteiger partial charge on any atom is -0.346 e. The van der Waals surface area contributed by atoms with Crippen molar-refractivity contribution in [3.8, 4) is 11.1 Å². The minimum absolute atomic E-state index is 0. The van der Waals surface area contributed by atoms with Gasteiger partial charge in [-0.25, -0.2) is 0 Å². The first-order valence-electron chi connectivity index (χ1n) is 11.6. The second kappa shape index (κ2) is 9.60. The van der Waals surface area contributed by atoms with E-state index in [0.717, 1.165) is 30.6 Å². The Hall–Kier alpha value is -2.43. The molecule has 0 saturated heterocycles. The van der Waals surface area contributed by atoms with E-state index in [1.54, 1.807) is 0 Å². The Morgan fingerprint density at radius 3 is 2.22 bits per heavy atom.